The molecule has 0 aliphatic carbocycles. The van der Waals surface area contributed by atoms with Crippen molar-refractivity contribution in [2.45, 2.75) is 32.6 Å². The number of rotatable bonds is 7. The Kier molecular flexibility index (Phi) is 4.73. The maximum Gasteiger partial charge on any atom is 0.119 e. The molecule has 0 atom stereocenters. The Hall–Kier alpha value is -2.30. The van der Waals surface area contributed by atoms with Crippen molar-refractivity contribution in [3.8, 4) is 5.75 Å². The van der Waals surface area contributed by atoms with Crippen molar-refractivity contribution >= 4 is 11.4 Å². The zero-order chi connectivity index (χ0) is 15.2. The number of hydrazone groups is 1. The van der Waals surface area contributed by atoms with Crippen molar-refractivity contribution in [1.29, 1.82) is 0 Å². The highest BCUT2D eigenvalue weighted by molar-refractivity contribution is 5.89. The lowest BCUT2D eigenvalue weighted by Gasteiger charge is -2.14. The molecular formula is C17H22N4O. The number of anilines is 1. The van der Waals surface area contributed by atoms with E-state index in [9.17, 15) is 0 Å². The van der Waals surface area contributed by atoms with E-state index in [-0.39, 0.29) is 0 Å². The van der Waals surface area contributed by atoms with Crippen molar-refractivity contribution in [1.82, 2.24) is 9.97 Å². The van der Waals surface area contributed by atoms with E-state index in [2.05, 4.69) is 34.1 Å². The molecule has 0 spiro atoms. The summed E-state index contributed by atoms with van der Waals surface area (Å²) in [4.78, 5) is 7.38. The summed E-state index contributed by atoms with van der Waals surface area (Å²) in [5, 5.41) is 6.74. The van der Waals surface area contributed by atoms with E-state index in [0.29, 0.717) is 0 Å². The van der Waals surface area contributed by atoms with Crippen LogP contribution in [0.3, 0.4) is 0 Å². The van der Waals surface area contributed by atoms with Gasteiger partial charge in [-0.25, -0.2) is 4.98 Å². The second-order valence-corrected chi connectivity index (χ2v) is 5.45. The molecule has 2 heterocycles. The summed E-state index contributed by atoms with van der Waals surface area (Å²) in [7, 11) is 0. The molecule has 22 heavy (non-hydrogen) atoms. The SMILES string of the molecule is CCCCOc1ccc(N2CCC(Cc3ncc[nH]3)=N2)cc1. The third-order valence-electron chi connectivity index (χ3n) is 3.70. The Morgan fingerprint density at radius 1 is 1.27 bits per heavy atom. The highest BCUT2D eigenvalue weighted by Crippen LogP contribution is 2.23. The van der Waals surface area contributed by atoms with Gasteiger partial charge >= 0.3 is 0 Å². The van der Waals surface area contributed by atoms with Crippen LogP contribution in [0.1, 0.15) is 32.0 Å². The van der Waals surface area contributed by atoms with Gasteiger partial charge in [0.2, 0.25) is 0 Å². The molecule has 0 radical (unpaired) electrons. The molecule has 0 saturated carbocycles. The number of aromatic amines is 1. The van der Waals surface area contributed by atoms with Crippen LogP contribution in [-0.2, 0) is 6.42 Å². The maximum atomic E-state index is 5.69. The number of aromatic nitrogens is 2. The summed E-state index contributed by atoms with van der Waals surface area (Å²) in [6, 6.07) is 8.18. The number of nitrogens with one attached hydrogen (secondary N) is 1. The predicted molar refractivity (Wildman–Crippen MR) is 88.5 cm³/mol. The number of nitrogens with zero attached hydrogens (tertiary/aromatic N) is 3. The third kappa shape index (κ3) is 3.67. The average Bonchev–Trinajstić information content (AvgIpc) is 3.21. The van der Waals surface area contributed by atoms with E-state index in [4.69, 9.17) is 4.74 Å². The van der Waals surface area contributed by atoms with Crippen molar-refractivity contribution < 1.29 is 4.74 Å². The third-order valence-corrected chi connectivity index (χ3v) is 3.70. The fraction of sp³-hybridized carbons (Fsp3) is 0.412. The lowest BCUT2D eigenvalue weighted by atomic mass is 10.2. The normalized spacial score (nSPS) is 14.2. The second-order valence-electron chi connectivity index (χ2n) is 5.45. The molecule has 2 aromatic rings. The lowest BCUT2D eigenvalue weighted by molar-refractivity contribution is 0.309. The maximum absolute atomic E-state index is 5.69. The van der Waals surface area contributed by atoms with Crippen molar-refractivity contribution in [2.24, 2.45) is 5.10 Å². The number of unbranched alkanes of at least 4 members (excludes halogenated alkanes) is 1. The van der Waals surface area contributed by atoms with Gasteiger partial charge < -0.3 is 9.72 Å². The zero-order valence-electron chi connectivity index (χ0n) is 13.0. The standard InChI is InChI=1S/C17H22N4O/c1-2-3-12-22-16-6-4-15(5-7-16)21-11-8-14(20-21)13-17-18-9-10-19-17/h4-7,9-10H,2-3,8,11-13H2,1H3,(H,18,19). The van der Waals surface area contributed by atoms with Crippen LogP contribution >= 0.6 is 0 Å². The van der Waals surface area contributed by atoms with Crippen LogP contribution in [0, 0.1) is 0 Å². The molecule has 1 N–H and O–H groups in total. The molecule has 116 valence electrons. The first kappa shape index (κ1) is 14.6. The van der Waals surface area contributed by atoms with E-state index in [1.54, 1.807) is 6.20 Å². The molecule has 5 heteroatoms. The number of hydrogen-bond acceptors (Lipinski definition) is 4. The van der Waals surface area contributed by atoms with E-state index < -0.39 is 0 Å². The molecule has 3 rings (SSSR count). The Balaban J connectivity index is 1.58. The highest BCUT2D eigenvalue weighted by atomic mass is 16.5. The molecule has 1 aliphatic heterocycles. The summed E-state index contributed by atoms with van der Waals surface area (Å²) in [5.41, 5.74) is 2.27. The van der Waals surface area contributed by atoms with Gasteiger partial charge in [0.15, 0.2) is 0 Å². The number of H-pyrrole nitrogens is 1. The monoisotopic (exact) mass is 298 g/mol. The van der Waals surface area contributed by atoms with Gasteiger partial charge in [0.25, 0.3) is 0 Å². The van der Waals surface area contributed by atoms with Crippen LogP contribution in [0.15, 0.2) is 41.8 Å². The topological polar surface area (TPSA) is 53.5 Å². The summed E-state index contributed by atoms with van der Waals surface area (Å²) in [6.07, 6.45) is 7.64. The minimum absolute atomic E-state index is 0.783. The van der Waals surface area contributed by atoms with E-state index in [1.165, 1.54) is 5.71 Å². The molecule has 0 saturated heterocycles. The van der Waals surface area contributed by atoms with Gasteiger partial charge in [0, 0.05) is 37.5 Å². The lowest BCUT2D eigenvalue weighted by Crippen LogP contribution is -2.11. The zero-order valence-corrected chi connectivity index (χ0v) is 13.0. The highest BCUT2D eigenvalue weighted by Gasteiger charge is 2.16. The van der Waals surface area contributed by atoms with Crippen LogP contribution in [0.5, 0.6) is 5.75 Å². The Morgan fingerprint density at radius 3 is 2.86 bits per heavy atom. The van der Waals surface area contributed by atoms with Gasteiger partial charge in [-0.3, -0.25) is 5.01 Å². The van der Waals surface area contributed by atoms with E-state index in [1.807, 2.05) is 23.3 Å². The van der Waals surface area contributed by atoms with Crippen molar-refractivity contribution in [3.05, 3.63) is 42.5 Å². The quantitative estimate of drug-likeness (QED) is 0.797. The first-order valence-corrected chi connectivity index (χ1v) is 7.90. The molecule has 1 aliphatic rings. The number of imidazole rings is 1. The molecule has 0 unspecified atom stereocenters. The first-order valence-electron chi connectivity index (χ1n) is 7.90. The van der Waals surface area contributed by atoms with Crippen LogP contribution < -0.4 is 9.75 Å². The smallest absolute Gasteiger partial charge is 0.119 e. The minimum atomic E-state index is 0.783. The Morgan fingerprint density at radius 2 is 2.14 bits per heavy atom. The fourth-order valence-corrected chi connectivity index (χ4v) is 2.45. The molecule has 5 nitrogen and oxygen atoms in total. The Labute approximate surface area is 131 Å². The fourth-order valence-electron chi connectivity index (χ4n) is 2.45. The van der Waals surface area contributed by atoms with Crippen LogP contribution in [0.2, 0.25) is 0 Å². The van der Waals surface area contributed by atoms with Crippen LogP contribution in [0.4, 0.5) is 5.69 Å². The van der Waals surface area contributed by atoms with Gasteiger partial charge in [0.1, 0.15) is 11.6 Å². The van der Waals surface area contributed by atoms with Crippen LogP contribution in [-0.4, -0.2) is 28.8 Å². The molecule has 1 aromatic heterocycles. The molecule has 0 bridgehead atoms. The summed E-state index contributed by atoms with van der Waals surface area (Å²) >= 11 is 0. The van der Waals surface area contributed by atoms with Crippen LogP contribution in [0.25, 0.3) is 0 Å². The largest absolute Gasteiger partial charge is 0.494 e. The Bertz CT molecular complexity index is 604. The minimum Gasteiger partial charge on any atom is -0.494 e. The predicted octanol–water partition coefficient (Wildman–Crippen LogP) is 3.40. The van der Waals surface area contributed by atoms with Gasteiger partial charge in [-0.15, -0.1) is 0 Å². The molecule has 0 amide bonds. The molecule has 0 fully saturated rings. The molecular weight excluding hydrogens is 276 g/mol. The summed E-state index contributed by atoms with van der Waals surface area (Å²) in [6.45, 7) is 3.87. The van der Waals surface area contributed by atoms with E-state index >= 15 is 0 Å². The summed E-state index contributed by atoms with van der Waals surface area (Å²) in [5.74, 6) is 1.90. The number of benzene rings is 1. The molecule has 1 aromatic carbocycles. The second kappa shape index (κ2) is 7.11. The van der Waals surface area contributed by atoms with Crippen molar-refractivity contribution in [3.63, 3.8) is 0 Å². The average molecular weight is 298 g/mol. The van der Waals surface area contributed by atoms with Crippen molar-refractivity contribution in [2.75, 3.05) is 18.2 Å². The van der Waals surface area contributed by atoms with Gasteiger partial charge in [-0.05, 0) is 30.7 Å². The van der Waals surface area contributed by atoms with E-state index in [0.717, 1.165) is 56.1 Å². The first-order chi connectivity index (χ1) is 10.8. The summed E-state index contributed by atoms with van der Waals surface area (Å²) < 4.78 is 5.69. The van der Waals surface area contributed by atoms with Gasteiger partial charge in [-0.1, -0.05) is 13.3 Å². The number of hydrogen-bond donors (Lipinski definition) is 1. The van der Waals surface area contributed by atoms with Gasteiger partial charge in [0.05, 0.1) is 12.3 Å². The number of ether oxygens (including phenoxy) is 1. The van der Waals surface area contributed by atoms with Gasteiger partial charge in [-0.2, -0.15) is 5.10 Å².